The normalized spacial score (nSPS) is 33.4. The van der Waals surface area contributed by atoms with Gasteiger partial charge in [-0.3, -0.25) is 4.90 Å². The molecule has 0 aromatic carbocycles. The van der Waals surface area contributed by atoms with E-state index in [2.05, 4.69) is 18.7 Å². The minimum atomic E-state index is 0.224. The lowest BCUT2D eigenvalue weighted by Gasteiger charge is -2.41. The molecule has 0 bridgehead atoms. The molecule has 0 aromatic heterocycles. The zero-order chi connectivity index (χ0) is 10.9. The smallest absolute Gasteiger partial charge is 0.0674 e. The summed E-state index contributed by atoms with van der Waals surface area (Å²) < 4.78 is 5.69. The zero-order valence-electron chi connectivity index (χ0n) is 10.0. The number of hydrogen-bond acceptors (Lipinski definition) is 3. The molecule has 3 heteroatoms. The molecule has 2 N–H and O–H groups in total. The summed E-state index contributed by atoms with van der Waals surface area (Å²) in [6.45, 7) is 8.39. The van der Waals surface area contributed by atoms with Crippen molar-refractivity contribution in [1.82, 2.24) is 4.90 Å². The third-order valence-corrected chi connectivity index (χ3v) is 4.04. The van der Waals surface area contributed by atoms with Gasteiger partial charge in [0.15, 0.2) is 0 Å². The maximum atomic E-state index is 5.99. The van der Waals surface area contributed by atoms with Gasteiger partial charge in [-0.25, -0.2) is 0 Å². The van der Waals surface area contributed by atoms with E-state index in [1.807, 2.05) is 0 Å². The minimum absolute atomic E-state index is 0.224. The molecule has 2 unspecified atom stereocenters. The van der Waals surface area contributed by atoms with Crippen LogP contribution >= 0.6 is 0 Å². The van der Waals surface area contributed by atoms with E-state index in [0.717, 1.165) is 38.6 Å². The molecule has 2 aliphatic rings. The van der Waals surface area contributed by atoms with Crippen molar-refractivity contribution in [3.63, 3.8) is 0 Å². The van der Waals surface area contributed by atoms with Crippen LogP contribution in [0.3, 0.4) is 0 Å². The molecule has 2 rings (SSSR count). The number of ether oxygens (including phenoxy) is 1. The summed E-state index contributed by atoms with van der Waals surface area (Å²) in [5.41, 5.74) is 6.22. The van der Waals surface area contributed by atoms with Gasteiger partial charge >= 0.3 is 0 Å². The molecule has 1 saturated carbocycles. The van der Waals surface area contributed by atoms with E-state index in [-0.39, 0.29) is 5.54 Å². The summed E-state index contributed by atoms with van der Waals surface area (Å²) in [5, 5.41) is 0. The lowest BCUT2D eigenvalue weighted by Crippen LogP contribution is -2.55. The lowest BCUT2D eigenvalue weighted by molar-refractivity contribution is 0.0357. The van der Waals surface area contributed by atoms with Gasteiger partial charge in [0.25, 0.3) is 0 Å². The van der Waals surface area contributed by atoms with Crippen LogP contribution in [0.25, 0.3) is 0 Å². The Labute approximate surface area is 93.0 Å². The number of nitrogens with two attached hydrogens (primary N) is 1. The molecule has 2 fully saturated rings. The van der Waals surface area contributed by atoms with Crippen molar-refractivity contribution in [1.29, 1.82) is 0 Å². The standard InChI is InChI=1S/C12H24N2O/c1-10-8-14(6-3-7-15-10)12(2,9-13)11-4-5-11/h10-11H,3-9,13H2,1-2H3. The van der Waals surface area contributed by atoms with Crippen LogP contribution in [0.5, 0.6) is 0 Å². The fraction of sp³-hybridized carbons (Fsp3) is 1.00. The van der Waals surface area contributed by atoms with Crippen LogP contribution in [-0.2, 0) is 4.74 Å². The van der Waals surface area contributed by atoms with Crippen molar-refractivity contribution in [2.24, 2.45) is 11.7 Å². The summed E-state index contributed by atoms with van der Waals surface area (Å²) in [4.78, 5) is 2.57. The molecule has 88 valence electrons. The monoisotopic (exact) mass is 212 g/mol. The van der Waals surface area contributed by atoms with Gasteiger partial charge in [-0.1, -0.05) is 0 Å². The van der Waals surface area contributed by atoms with E-state index in [9.17, 15) is 0 Å². The Morgan fingerprint density at radius 3 is 2.80 bits per heavy atom. The molecule has 1 saturated heterocycles. The van der Waals surface area contributed by atoms with Crippen LogP contribution in [0.4, 0.5) is 0 Å². The molecular formula is C12H24N2O. The highest BCUT2D eigenvalue weighted by molar-refractivity contribution is 5.00. The van der Waals surface area contributed by atoms with Gasteiger partial charge in [0, 0.05) is 31.8 Å². The third-order valence-electron chi connectivity index (χ3n) is 4.04. The van der Waals surface area contributed by atoms with Crippen molar-refractivity contribution in [3.05, 3.63) is 0 Å². The molecule has 0 spiro atoms. The van der Waals surface area contributed by atoms with Crippen LogP contribution in [-0.4, -0.2) is 42.8 Å². The van der Waals surface area contributed by atoms with Crippen LogP contribution in [0, 0.1) is 5.92 Å². The zero-order valence-corrected chi connectivity index (χ0v) is 10.0. The molecule has 1 aliphatic carbocycles. The average Bonchev–Trinajstić information content (AvgIpc) is 3.02. The van der Waals surface area contributed by atoms with Gasteiger partial charge in [0.05, 0.1) is 6.10 Å². The average molecular weight is 212 g/mol. The SMILES string of the molecule is CC1CN(C(C)(CN)C2CC2)CCCO1. The maximum Gasteiger partial charge on any atom is 0.0674 e. The summed E-state index contributed by atoms with van der Waals surface area (Å²) in [6, 6.07) is 0. The lowest BCUT2D eigenvalue weighted by atomic mass is 9.93. The summed E-state index contributed by atoms with van der Waals surface area (Å²) >= 11 is 0. The van der Waals surface area contributed by atoms with E-state index in [4.69, 9.17) is 10.5 Å². The molecule has 0 aromatic rings. The first kappa shape index (κ1) is 11.4. The van der Waals surface area contributed by atoms with Gasteiger partial charge in [0.2, 0.25) is 0 Å². The van der Waals surface area contributed by atoms with Crippen molar-refractivity contribution in [3.8, 4) is 0 Å². The van der Waals surface area contributed by atoms with E-state index < -0.39 is 0 Å². The highest BCUT2D eigenvalue weighted by atomic mass is 16.5. The Kier molecular flexibility index (Phi) is 3.33. The number of hydrogen-bond donors (Lipinski definition) is 1. The molecule has 0 amide bonds. The highest BCUT2D eigenvalue weighted by Gasteiger charge is 2.45. The second-order valence-electron chi connectivity index (χ2n) is 5.32. The van der Waals surface area contributed by atoms with Crippen molar-refractivity contribution in [2.75, 3.05) is 26.2 Å². The Morgan fingerprint density at radius 1 is 1.47 bits per heavy atom. The maximum absolute atomic E-state index is 5.99. The first-order valence-corrected chi connectivity index (χ1v) is 6.23. The van der Waals surface area contributed by atoms with Crippen molar-refractivity contribution in [2.45, 2.75) is 44.8 Å². The van der Waals surface area contributed by atoms with Crippen molar-refractivity contribution >= 4 is 0 Å². The third kappa shape index (κ3) is 2.35. The molecular weight excluding hydrogens is 188 g/mol. The topological polar surface area (TPSA) is 38.5 Å². The quantitative estimate of drug-likeness (QED) is 0.764. The Balaban J connectivity index is 2.04. The van der Waals surface area contributed by atoms with E-state index in [1.165, 1.54) is 12.8 Å². The summed E-state index contributed by atoms with van der Waals surface area (Å²) in [6.07, 6.45) is 4.23. The van der Waals surface area contributed by atoms with Crippen LogP contribution in [0.1, 0.15) is 33.1 Å². The van der Waals surface area contributed by atoms with E-state index >= 15 is 0 Å². The second kappa shape index (κ2) is 4.40. The fourth-order valence-electron chi connectivity index (χ4n) is 2.72. The van der Waals surface area contributed by atoms with E-state index in [0.29, 0.717) is 6.10 Å². The minimum Gasteiger partial charge on any atom is -0.377 e. The summed E-state index contributed by atoms with van der Waals surface area (Å²) in [7, 11) is 0. The fourth-order valence-corrected chi connectivity index (χ4v) is 2.72. The van der Waals surface area contributed by atoms with Gasteiger partial charge < -0.3 is 10.5 Å². The van der Waals surface area contributed by atoms with Crippen molar-refractivity contribution < 1.29 is 4.74 Å². The molecule has 1 heterocycles. The van der Waals surface area contributed by atoms with Crippen LogP contribution < -0.4 is 5.73 Å². The highest BCUT2D eigenvalue weighted by Crippen LogP contribution is 2.42. The van der Waals surface area contributed by atoms with Gasteiger partial charge in [-0.2, -0.15) is 0 Å². The number of rotatable bonds is 3. The Hall–Kier alpha value is -0.120. The number of nitrogens with zero attached hydrogens (tertiary/aromatic N) is 1. The predicted molar refractivity (Wildman–Crippen MR) is 61.8 cm³/mol. The molecule has 15 heavy (non-hydrogen) atoms. The Morgan fingerprint density at radius 2 is 2.20 bits per heavy atom. The van der Waals surface area contributed by atoms with E-state index in [1.54, 1.807) is 0 Å². The predicted octanol–water partition coefficient (Wildman–Crippen LogP) is 1.22. The first-order valence-electron chi connectivity index (χ1n) is 6.23. The molecule has 3 nitrogen and oxygen atoms in total. The largest absolute Gasteiger partial charge is 0.377 e. The van der Waals surface area contributed by atoms with Crippen LogP contribution in [0.15, 0.2) is 0 Å². The second-order valence-corrected chi connectivity index (χ2v) is 5.32. The van der Waals surface area contributed by atoms with Gasteiger partial charge in [-0.05, 0) is 39.0 Å². The van der Waals surface area contributed by atoms with Gasteiger partial charge in [-0.15, -0.1) is 0 Å². The van der Waals surface area contributed by atoms with Gasteiger partial charge in [0.1, 0.15) is 0 Å². The molecule has 2 atom stereocenters. The molecule has 0 radical (unpaired) electrons. The summed E-state index contributed by atoms with van der Waals surface area (Å²) in [5.74, 6) is 0.827. The molecule has 1 aliphatic heterocycles. The van der Waals surface area contributed by atoms with Crippen LogP contribution in [0.2, 0.25) is 0 Å². The Bertz CT molecular complexity index is 218. The first-order chi connectivity index (χ1) is 7.16.